The Balaban J connectivity index is 1.11. The van der Waals surface area contributed by atoms with Gasteiger partial charge in [0.25, 0.3) is 0 Å². The Morgan fingerprint density at radius 2 is 1.20 bits per heavy atom. The van der Waals surface area contributed by atoms with Gasteiger partial charge < -0.3 is 20.1 Å². The van der Waals surface area contributed by atoms with Crippen molar-refractivity contribution in [1.29, 1.82) is 0 Å². The van der Waals surface area contributed by atoms with Gasteiger partial charge in [0.05, 0.1) is 25.2 Å². The summed E-state index contributed by atoms with van der Waals surface area (Å²) in [7, 11) is 0. The molecule has 44 heavy (non-hydrogen) atoms. The summed E-state index contributed by atoms with van der Waals surface area (Å²) in [6.07, 6.45) is 5.56. The number of carbonyl (C=O) groups is 2. The van der Waals surface area contributed by atoms with Crippen LogP contribution in [0.3, 0.4) is 0 Å². The largest absolute Gasteiger partial charge is 0.433 e. The Kier molecular flexibility index (Phi) is 10.2. The first kappa shape index (κ1) is 31.1. The average Bonchev–Trinajstić information content (AvgIpc) is 3.65. The molecule has 0 bridgehead atoms. The van der Waals surface area contributed by atoms with Gasteiger partial charge in [0.2, 0.25) is 22.1 Å². The normalized spacial score (nSPS) is 16.6. The molecule has 2 atom stereocenters. The first-order chi connectivity index (χ1) is 21.2. The number of nitrogens with one attached hydrogen (secondary N) is 2. The average molecular weight is 653 g/mol. The van der Waals surface area contributed by atoms with Crippen LogP contribution in [0.25, 0.3) is 0 Å². The molecule has 2 N–H and O–H groups in total. The number of aromatic nitrogens is 6. The maximum Gasteiger partial charge on any atom is 0.387 e. The van der Waals surface area contributed by atoms with Crippen molar-refractivity contribution in [3.05, 3.63) is 58.1 Å². The molecule has 0 saturated heterocycles. The zero-order valence-electron chi connectivity index (χ0n) is 22.7. The molecule has 0 aromatic carbocycles. The molecule has 2 amide bonds. The molecule has 4 aromatic rings. The summed E-state index contributed by atoms with van der Waals surface area (Å²) < 4.78 is 57.7. The zero-order valence-corrected chi connectivity index (χ0v) is 24.3. The molecule has 1 saturated carbocycles. The molecule has 1 aliphatic carbocycles. The van der Waals surface area contributed by atoms with Crippen LogP contribution in [0.15, 0.2) is 36.7 Å². The van der Waals surface area contributed by atoms with Gasteiger partial charge in [-0.15, -0.1) is 20.4 Å². The second-order valence-corrected chi connectivity index (χ2v) is 11.6. The first-order valence-electron chi connectivity index (χ1n) is 13.3. The van der Waals surface area contributed by atoms with E-state index in [1.165, 1.54) is 46.9 Å². The van der Waals surface area contributed by atoms with Gasteiger partial charge in [-0.25, -0.2) is 0 Å². The predicted molar refractivity (Wildman–Crippen MR) is 150 cm³/mol. The number of ether oxygens (including phenoxy) is 2. The Hall–Kier alpha value is -4.32. The molecular weight excluding hydrogens is 628 g/mol. The van der Waals surface area contributed by atoms with Crippen LogP contribution in [0.1, 0.15) is 58.9 Å². The highest BCUT2D eigenvalue weighted by atomic mass is 32.1. The molecule has 0 radical (unpaired) electrons. The number of rotatable bonds is 12. The fourth-order valence-corrected chi connectivity index (χ4v) is 6.38. The van der Waals surface area contributed by atoms with E-state index in [0.29, 0.717) is 21.7 Å². The molecule has 0 spiro atoms. The maximum atomic E-state index is 12.5. The van der Waals surface area contributed by atoms with Crippen LogP contribution in [0.4, 0.5) is 27.8 Å². The van der Waals surface area contributed by atoms with Crippen LogP contribution >= 0.6 is 22.7 Å². The first-order valence-corrected chi connectivity index (χ1v) is 14.9. The molecule has 18 heteroatoms. The molecule has 4 aromatic heterocycles. The highest BCUT2D eigenvalue weighted by Gasteiger charge is 2.29. The molecule has 0 aliphatic heterocycles. The van der Waals surface area contributed by atoms with Crippen molar-refractivity contribution < 1.29 is 36.6 Å². The van der Waals surface area contributed by atoms with Crippen LogP contribution in [-0.2, 0) is 22.4 Å². The van der Waals surface area contributed by atoms with Gasteiger partial charge in [0.15, 0.2) is 0 Å². The summed E-state index contributed by atoms with van der Waals surface area (Å²) in [6.45, 7) is -5.91. The summed E-state index contributed by atoms with van der Waals surface area (Å²) in [6, 6.07) is 5.49. The summed E-state index contributed by atoms with van der Waals surface area (Å²) in [5.41, 5.74) is 0.759. The highest BCUT2D eigenvalue weighted by molar-refractivity contribution is 7.15. The highest BCUT2D eigenvalue weighted by Crippen LogP contribution is 2.43. The standard InChI is InChI=1S/C26H24F4N8O4S2/c27-23(28)41-17-6-4-15(31-11-17)9-19(39)33-25-37-35-21(43-25)13-2-1-3-14(8-13)22-36-38-26(44-22)34-20(40)10-16-5-7-18(12-32-16)42-24(29)30/h4-7,11-14,23-24H,1-3,8-10H2,(H,33,37,39)(H,34,38,40)/t13-,14-/m0/s1. The van der Waals surface area contributed by atoms with E-state index in [1.54, 1.807) is 0 Å². The van der Waals surface area contributed by atoms with Crippen molar-refractivity contribution in [2.24, 2.45) is 0 Å². The van der Waals surface area contributed by atoms with Crippen molar-refractivity contribution in [3.8, 4) is 11.5 Å². The summed E-state index contributed by atoms with van der Waals surface area (Å²) in [4.78, 5) is 32.8. The minimum Gasteiger partial charge on any atom is -0.433 e. The number of amides is 2. The third-order valence-electron chi connectivity index (χ3n) is 6.48. The van der Waals surface area contributed by atoms with Crippen molar-refractivity contribution in [3.63, 3.8) is 0 Å². The summed E-state index contributed by atoms with van der Waals surface area (Å²) >= 11 is 2.57. The monoisotopic (exact) mass is 652 g/mol. The minimum atomic E-state index is -2.96. The van der Waals surface area contributed by atoms with E-state index in [-0.39, 0.29) is 48.0 Å². The van der Waals surface area contributed by atoms with Gasteiger partial charge in [-0.2, -0.15) is 17.6 Å². The van der Waals surface area contributed by atoms with Crippen LogP contribution in [-0.4, -0.2) is 55.4 Å². The minimum absolute atomic E-state index is 0.0790. The van der Waals surface area contributed by atoms with Crippen molar-refractivity contribution in [2.45, 2.75) is 63.6 Å². The quantitative estimate of drug-likeness (QED) is 0.196. The molecule has 12 nitrogen and oxygen atoms in total. The number of hydrogen-bond donors (Lipinski definition) is 2. The summed E-state index contributed by atoms with van der Waals surface area (Å²) in [5, 5.41) is 24.4. The Morgan fingerprint density at radius 1 is 0.750 bits per heavy atom. The number of nitrogens with zero attached hydrogens (tertiary/aromatic N) is 6. The number of hydrogen-bond acceptors (Lipinski definition) is 12. The lowest BCUT2D eigenvalue weighted by Crippen LogP contribution is -2.15. The third-order valence-corrected chi connectivity index (χ3v) is 8.48. The number of alkyl halides is 4. The molecule has 5 rings (SSSR count). The smallest absolute Gasteiger partial charge is 0.387 e. The number of halogens is 4. The lowest BCUT2D eigenvalue weighted by atomic mass is 9.82. The molecule has 232 valence electrons. The predicted octanol–water partition coefficient (Wildman–Crippen LogP) is 5.19. The Labute approximate surface area is 255 Å². The number of pyridine rings is 2. The third kappa shape index (κ3) is 8.85. The SMILES string of the molecule is O=C(Cc1ccc(OC(F)F)cn1)Nc1nnc([C@H]2CCC[C@H](c3nnc(NC(=O)Cc4ccc(OC(F)F)cn4)s3)C2)s1. The molecule has 0 unspecified atom stereocenters. The molecule has 4 heterocycles. The summed E-state index contributed by atoms with van der Waals surface area (Å²) in [5.74, 6) is -0.734. The Morgan fingerprint density at radius 3 is 1.59 bits per heavy atom. The van der Waals surface area contributed by atoms with Crippen molar-refractivity contribution in [2.75, 3.05) is 10.6 Å². The van der Waals surface area contributed by atoms with E-state index in [0.717, 1.165) is 48.1 Å². The van der Waals surface area contributed by atoms with Gasteiger partial charge in [0, 0.05) is 23.2 Å². The van der Waals surface area contributed by atoms with Crippen LogP contribution in [0.5, 0.6) is 11.5 Å². The fraction of sp³-hybridized carbons (Fsp3) is 0.385. The van der Waals surface area contributed by atoms with E-state index in [9.17, 15) is 27.2 Å². The van der Waals surface area contributed by atoms with E-state index in [2.05, 4.69) is 50.5 Å². The maximum absolute atomic E-state index is 12.5. The van der Waals surface area contributed by atoms with E-state index in [1.807, 2.05) is 0 Å². The molecule has 1 aliphatic rings. The van der Waals surface area contributed by atoms with Gasteiger partial charge in [-0.1, -0.05) is 29.1 Å². The van der Waals surface area contributed by atoms with E-state index < -0.39 is 13.2 Å². The van der Waals surface area contributed by atoms with Crippen LogP contribution in [0.2, 0.25) is 0 Å². The molecule has 1 fully saturated rings. The van der Waals surface area contributed by atoms with Crippen molar-refractivity contribution >= 4 is 44.8 Å². The fourth-order valence-electron chi connectivity index (χ4n) is 4.57. The van der Waals surface area contributed by atoms with Crippen LogP contribution in [0, 0.1) is 0 Å². The van der Waals surface area contributed by atoms with Gasteiger partial charge in [0.1, 0.15) is 21.5 Å². The number of carbonyl (C=O) groups excluding carboxylic acids is 2. The van der Waals surface area contributed by atoms with Gasteiger partial charge >= 0.3 is 13.2 Å². The number of anilines is 2. The Bertz CT molecular complexity index is 1440. The lowest BCUT2D eigenvalue weighted by Gasteiger charge is -2.25. The molecular formula is C26H24F4N8O4S2. The second kappa shape index (κ2) is 14.4. The van der Waals surface area contributed by atoms with Gasteiger partial charge in [-0.05, 0) is 43.5 Å². The van der Waals surface area contributed by atoms with Crippen LogP contribution < -0.4 is 20.1 Å². The van der Waals surface area contributed by atoms with Crippen molar-refractivity contribution in [1.82, 2.24) is 30.4 Å². The van der Waals surface area contributed by atoms with E-state index in [4.69, 9.17) is 0 Å². The van der Waals surface area contributed by atoms with E-state index >= 15 is 0 Å². The topological polar surface area (TPSA) is 154 Å². The second-order valence-electron chi connectivity index (χ2n) is 9.63. The zero-order chi connectivity index (χ0) is 31.1. The van der Waals surface area contributed by atoms with Gasteiger partial charge in [-0.3, -0.25) is 19.6 Å². The lowest BCUT2D eigenvalue weighted by molar-refractivity contribution is -0.116.